The minimum Gasteiger partial charge on any atom is -0.468 e. The molecule has 0 unspecified atom stereocenters. The van der Waals surface area contributed by atoms with E-state index in [4.69, 9.17) is 0 Å². The molecule has 0 atom stereocenters. The Morgan fingerprint density at radius 3 is 2.67 bits per heavy atom. The molecule has 1 aliphatic rings. The Balaban J connectivity index is 1.88. The van der Waals surface area contributed by atoms with Gasteiger partial charge >= 0.3 is 6.18 Å². The van der Waals surface area contributed by atoms with Crippen LogP contribution in [0, 0.1) is 0 Å². The number of guanidine groups is 1. The monoisotopic (exact) mass is 344 g/mol. The molecule has 1 saturated carbocycles. The van der Waals surface area contributed by atoms with E-state index in [0.29, 0.717) is 12.6 Å². The van der Waals surface area contributed by atoms with E-state index in [0.717, 1.165) is 30.9 Å². The fourth-order valence-electron chi connectivity index (χ4n) is 2.50. The molecular formula is C16H23F3N4O. The van der Waals surface area contributed by atoms with Crippen molar-refractivity contribution in [3.05, 3.63) is 23.9 Å². The van der Waals surface area contributed by atoms with Gasteiger partial charge in [-0.15, -0.1) is 0 Å². The minimum absolute atomic E-state index is 0.0453. The highest BCUT2D eigenvalue weighted by molar-refractivity contribution is 5.80. The van der Waals surface area contributed by atoms with Crippen molar-refractivity contribution < 1.29 is 17.9 Å². The second-order valence-corrected chi connectivity index (χ2v) is 5.73. The summed E-state index contributed by atoms with van der Waals surface area (Å²) < 4.78 is 40.8. The molecule has 1 aromatic rings. The SMILES string of the molecule is CCNC(=NCc1ccc(OCC(F)(F)F)nc1)NC1CCCC1. The molecule has 1 fully saturated rings. The van der Waals surface area contributed by atoms with Crippen LogP contribution in [0.5, 0.6) is 5.88 Å². The van der Waals surface area contributed by atoms with Crippen molar-refractivity contribution in [3.8, 4) is 5.88 Å². The van der Waals surface area contributed by atoms with Crippen LogP contribution in [0.3, 0.4) is 0 Å². The first-order valence-electron chi connectivity index (χ1n) is 8.15. The lowest BCUT2D eigenvalue weighted by Gasteiger charge is -2.16. The number of halogens is 3. The number of nitrogens with one attached hydrogen (secondary N) is 2. The van der Waals surface area contributed by atoms with Crippen LogP contribution in [-0.4, -0.2) is 36.3 Å². The Hall–Kier alpha value is -1.99. The lowest BCUT2D eigenvalue weighted by atomic mass is 10.2. The first-order chi connectivity index (χ1) is 11.5. The standard InChI is InChI=1S/C16H23F3N4O/c1-2-20-15(23-13-5-3-4-6-13)22-10-12-7-8-14(21-9-12)24-11-16(17,18)19/h7-9,13H,2-6,10-11H2,1H3,(H2,20,22,23). The second-order valence-electron chi connectivity index (χ2n) is 5.73. The lowest BCUT2D eigenvalue weighted by Crippen LogP contribution is -2.42. The summed E-state index contributed by atoms with van der Waals surface area (Å²) in [5.41, 5.74) is 0.804. The van der Waals surface area contributed by atoms with Gasteiger partial charge in [-0.25, -0.2) is 9.98 Å². The molecule has 1 aliphatic carbocycles. The van der Waals surface area contributed by atoms with E-state index in [-0.39, 0.29) is 5.88 Å². The molecule has 0 amide bonds. The van der Waals surface area contributed by atoms with Crippen LogP contribution < -0.4 is 15.4 Å². The predicted molar refractivity (Wildman–Crippen MR) is 86.0 cm³/mol. The van der Waals surface area contributed by atoms with E-state index >= 15 is 0 Å². The highest BCUT2D eigenvalue weighted by Gasteiger charge is 2.28. The molecule has 0 aliphatic heterocycles. The van der Waals surface area contributed by atoms with Crippen molar-refractivity contribution in [3.63, 3.8) is 0 Å². The van der Waals surface area contributed by atoms with Gasteiger partial charge in [0.05, 0.1) is 6.54 Å². The van der Waals surface area contributed by atoms with Crippen molar-refractivity contribution in [2.24, 2.45) is 4.99 Å². The normalized spacial score (nSPS) is 16.2. The van der Waals surface area contributed by atoms with E-state index in [1.54, 1.807) is 6.07 Å². The molecule has 0 aromatic carbocycles. The van der Waals surface area contributed by atoms with Gasteiger partial charge in [0.1, 0.15) is 0 Å². The number of hydrogen-bond donors (Lipinski definition) is 2. The van der Waals surface area contributed by atoms with Gasteiger partial charge < -0.3 is 15.4 Å². The Labute approximate surface area is 139 Å². The van der Waals surface area contributed by atoms with Crippen LogP contribution in [0.1, 0.15) is 38.2 Å². The van der Waals surface area contributed by atoms with Crippen LogP contribution in [0.2, 0.25) is 0 Å². The highest BCUT2D eigenvalue weighted by Crippen LogP contribution is 2.18. The molecule has 0 spiro atoms. The largest absolute Gasteiger partial charge is 0.468 e. The summed E-state index contributed by atoms with van der Waals surface area (Å²) in [5, 5.41) is 6.60. The van der Waals surface area contributed by atoms with Gasteiger partial charge in [-0.2, -0.15) is 13.2 Å². The van der Waals surface area contributed by atoms with Crippen molar-refractivity contribution >= 4 is 5.96 Å². The highest BCUT2D eigenvalue weighted by atomic mass is 19.4. The van der Waals surface area contributed by atoms with Gasteiger partial charge in [0.25, 0.3) is 0 Å². The molecule has 8 heteroatoms. The van der Waals surface area contributed by atoms with E-state index in [2.05, 4.69) is 25.3 Å². The molecule has 24 heavy (non-hydrogen) atoms. The topological polar surface area (TPSA) is 58.5 Å². The van der Waals surface area contributed by atoms with Crippen molar-refractivity contribution in [2.45, 2.75) is 51.4 Å². The van der Waals surface area contributed by atoms with Crippen molar-refractivity contribution in [1.29, 1.82) is 0 Å². The second kappa shape index (κ2) is 8.75. The van der Waals surface area contributed by atoms with Crippen molar-refractivity contribution in [1.82, 2.24) is 15.6 Å². The van der Waals surface area contributed by atoms with Crippen LogP contribution in [0.4, 0.5) is 13.2 Å². The van der Waals surface area contributed by atoms with E-state index < -0.39 is 12.8 Å². The average molecular weight is 344 g/mol. The molecule has 5 nitrogen and oxygen atoms in total. The molecule has 2 rings (SSSR count). The minimum atomic E-state index is -4.36. The molecule has 1 heterocycles. The molecule has 0 bridgehead atoms. The van der Waals surface area contributed by atoms with E-state index in [1.807, 2.05) is 6.92 Å². The third-order valence-corrected chi connectivity index (χ3v) is 3.64. The fraction of sp³-hybridized carbons (Fsp3) is 0.625. The zero-order chi connectivity index (χ0) is 17.4. The summed E-state index contributed by atoms with van der Waals surface area (Å²) in [6, 6.07) is 3.55. The van der Waals surface area contributed by atoms with Crippen LogP contribution in [0.25, 0.3) is 0 Å². The Morgan fingerprint density at radius 1 is 1.33 bits per heavy atom. The third kappa shape index (κ3) is 6.64. The Morgan fingerprint density at radius 2 is 2.08 bits per heavy atom. The smallest absolute Gasteiger partial charge is 0.422 e. The Kier molecular flexibility index (Phi) is 6.69. The maximum atomic E-state index is 12.1. The Bertz CT molecular complexity index is 525. The maximum absolute atomic E-state index is 12.1. The summed E-state index contributed by atoms with van der Waals surface area (Å²) in [5.74, 6) is 0.706. The molecule has 0 radical (unpaired) electrons. The number of aliphatic imine (C=N–C) groups is 1. The van der Waals surface area contributed by atoms with Gasteiger partial charge in [0.2, 0.25) is 5.88 Å². The molecule has 1 aromatic heterocycles. The van der Waals surface area contributed by atoms with Gasteiger partial charge in [0.15, 0.2) is 12.6 Å². The van der Waals surface area contributed by atoms with Crippen LogP contribution in [-0.2, 0) is 6.54 Å². The quantitative estimate of drug-likeness (QED) is 0.615. The van der Waals surface area contributed by atoms with Crippen molar-refractivity contribution in [2.75, 3.05) is 13.2 Å². The number of rotatable bonds is 6. The number of pyridine rings is 1. The van der Waals surface area contributed by atoms with E-state index in [1.165, 1.54) is 25.1 Å². The van der Waals surface area contributed by atoms with Gasteiger partial charge in [0, 0.05) is 24.8 Å². The number of ether oxygens (including phenoxy) is 1. The average Bonchev–Trinajstić information content (AvgIpc) is 3.04. The predicted octanol–water partition coefficient (Wildman–Crippen LogP) is 3.02. The summed E-state index contributed by atoms with van der Waals surface area (Å²) >= 11 is 0. The van der Waals surface area contributed by atoms with Crippen LogP contribution >= 0.6 is 0 Å². The number of aromatic nitrogens is 1. The zero-order valence-corrected chi connectivity index (χ0v) is 13.7. The summed E-state index contributed by atoms with van der Waals surface area (Å²) in [7, 11) is 0. The van der Waals surface area contributed by atoms with E-state index in [9.17, 15) is 13.2 Å². The van der Waals surface area contributed by atoms with Gasteiger partial charge in [-0.1, -0.05) is 18.9 Å². The molecule has 2 N–H and O–H groups in total. The van der Waals surface area contributed by atoms with Gasteiger partial charge in [-0.05, 0) is 25.3 Å². The van der Waals surface area contributed by atoms with Crippen LogP contribution in [0.15, 0.2) is 23.3 Å². The maximum Gasteiger partial charge on any atom is 0.422 e. The summed E-state index contributed by atoms with van der Waals surface area (Å²) in [6.07, 6.45) is 1.89. The first-order valence-corrected chi connectivity index (χ1v) is 8.15. The lowest BCUT2D eigenvalue weighted by molar-refractivity contribution is -0.154. The number of hydrogen-bond acceptors (Lipinski definition) is 3. The third-order valence-electron chi connectivity index (χ3n) is 3.64. The molecular weight excluding hydrogens is 321 g/mol. The molecule has 134 valence electrons. The number of alkyl halides is 3. The van der Waals surface area contributed by atoms with Gasteiger partial charge in [-0.3, -0.25) is 0 Å². The zero-order valence-electron chi connectivity index (χ0n) is 13.7. The first kappa shape index (κ1) is 18.4. The summed E-state index contributed by atoms with van der Waals surface area (Å²) in [4.78, 5) is 8.37. The summed E-state index contributed by atoms with van der Waals surface area (Å²) in [6.45, 7) is 1.82. The molecule has 0 saturated heterocycles. The number of nitrogens with zero attached hydrogens (tertiary/aromatic N) is 2. The fourth-order valence-corrected chi connectivity index (χ4v) is 2.50.